The third kappa shape index (κ3) is 4.93. The molecule has 0 aromatic heterocycles. The molecule has 1 aliphatic carbocycles. The quantitative estimate of drug-likeness (QED) is 0.423. The number of nitrogens with one attached hydrogen (secondary N) is 1. The third-order valence-corrected chi connectivity index (χ3v) is 5.81. The van der Waals surface area contributed by atoms with Gasteiger partial charge in [0.15, 0.2) is 6.10 Å². The number of benzene rings is 1. The van der Waals surface area contributed by atoms with Gasteiger partial charge in [-0.3, -0.25) is 14.3 Å². The number of alkyl halides is 2. The molecule has 2 atom stereocenters. The lowest BCUT2D eigenvalue weighted by atomic mass is 9.90. The number of sulfonamides is 1. The molecule has 1 aliphatic rings. The van der Waals surface area contributed by atoms with E-state index < -0.39 is 49.6 Å². The van der Waals surface area contributed by atoms with Gasteiger partial charge in [0.05, 0.1) is 22.1 Å². The summed E-state index contributed by atoms with van der Waals surface area (Å²) in [6.45, 7) is 0. The van der Waals surface area contributed by atoms with Crippen molar-refractivity contribution < 1.29 is 34.7 Å². The summed E-state index contributed by atoms with van der Waals surface area (Å²) in [4.78, 5) is 9.51. The molecular weight excluding hydrogens is 398 g/mol. The molecule has 0 radical (unpaired) electrons. The fourth-order valence-electron chi connectivity index (χ4n) is 2.61. The molecule has 0 bridgehead atoms. The van der Waals surface area contributed by atoms with Crippen molar-refractivity contribution in [3.05, 3.63) is 34.4 Å². The summed E-state index contributed by atoms with van der Waals surface area (Å²) in [6.07, 6.45) is -2.31. The Balaban J connectivity index is 2.29. The molecule has 0 heterocycles. The van der Waals surface area contributed by atoms with Crippen molar-refractivity contribution >= 4 is 25.8 Å². The molecule has 1 saturated carbocycles. The molecule has 26 heavy (non-hydrogen) atoms. The van der Waals surface area contributed by atoms with Gasteiger partial charge in [-0.2, -0.15) is 8.42 Å². The molecule has 1 N–H and O–H groups in total. The van der Waals surface area contributed by atoms with E-state index in [2.05, 4.69) is 4.18 Å². The van der Waals surface area contributed by atoms with Crippen molar-refractivity contribution in [2.24, 2.45) is 0 Å². The van der Waals surface area contributed by atoms with Crippen LogP contribution in [-0.2, 0) is 24.3 Å². The Morgan fingerprint density at radius 3 is 2.31 bits per heavy atom. The van der Waals surface area contributed by atoms with Crippen LogP contribution in [0.1, 0.15) is 19.3 Å². The summed E-state index contributed by atoms with van der Waals surface area (Å²) in [5.74, 6) is -3.54. The predicted molar refractivity (Wildman–Crippen MR) is 85.7 cm³/mol. The van der Waals surface area contributed by atoms with E-state index in [1.54, 1.807) is 0 Å². The van der Waals surface area contributed by atoms with E-state index in [1.807, 2.05) is 4.72 Å². The summed E-state index contributed by atoms with van der Waals surface area (Å²) < 4.78 is 81.9. The summed E-state index contributed by atoms with van der Waals surface area (Å²) in [5.41, 5.74) is -0.341. The zero-order valence-electron chi connectivity index (χ0n) is 13.5. The van der Waals surface area contributed by atoms with Crippen LogP contribution in [0.5, 0.6) is 0 Å². The van der Waals surface area contributed by atoms with Crippen molar-refractivity contribution in [2.75, 3.05) is 6.26 Å². The van der Waals surface area contributed by atoms with Crippen LogP contribution < -0.4 is 4.72 Å². The molecule has 1 fully saturated rings. The van der Waals surface area contributed by atoms with Gasteiger partial charge in [-0.15, -0.1) is 0 Å². The van der Waals surface area contributed by atoms with E-state index in [0.29, 0.717) is 6.26 Å². The van der Waals surface area contributed by atoms with Gasteiger partial charge in [-0.05, 0) is 25.0 Å². The monoisotopic (exact) mass is 414 g/mol. The Kier molecular flexibility index (Phi) is 5.66. The fraction of sp³-hybridized carbons (Fsp3) is 0.538. The Labute approximate surface area is 148 Å². The van der Waals surface area contributed by atoms with Crippen molar-refractivity contribution in [3.63, 3.8) is 0 Å². The van der Waals surface area contributed by atoms with E-state index in [1.165, 1.54) is 0 Å². The van der Waals surface area contributed by atoms with Crippen LogP contribution in [0.3, 0.4) is 0 Å². The van der Waals surface area contributed by atoms with Gasteiger partial charge in [0.25, 0.3) is 21.7 Å². The second-order valence-corrected chi connectivity index (χ2v) is 9.17. The predicted octanol–water partition coefficient (Wildman–Crippen LogP) is 1.41. The number of hydrogen-bond acceptors (Lipinski definition) is 7. The van der Waals surface area contributed by atoms with E-state index in [0.717, 1.165) is 24.3 Å². The molecule has 1 aromatic carbocycles. The van der Waals surface area contributed by atoms with Crippen LogP contribution in [0, 0.1) is 10.1 Å². The average molecular weight is 414 g/mol. The molecule has 0 unspecified atom stereocenters. The van der Waals surface area contributed by atoms with Gasteiger partial charge < -0.3 is 0 Å². The SMILES string of the molecule is CS(=O)(=O)O[C@H]1[C@H](NS(=O)(=O)c2ccc([N+](=O)[O-])cc2)CCCC1(F)F. The minimum atomic E-state index is -4.32. The lowest BCUT2D eigenvalue weighted by molar-refractivity contribution is -0.384. The highest BCUT2D eigenvalue weighted by molar-refractivity contribution is 7.89. The summed E-state index contributed by atoms with van der Waals surface area (Å²) in [6, 6.07) is 2.33. The highest BCUT2D eigenvalue weighted by Crippen LogP contribution is 2.37. The van der Waals surface area contributed by atoms with Gasteiger partial charge >= 0.3 is 0 Å². The summed E-state index contributed by atoms with van der Waals surface area (Å²) >= 11 is 0. The smallest absolute Gasteiger partial charge is 0.259 e. The average Bonchev–Trinajstić information content (AvgIpc) is 2.49. The van der Waals surface area contributed by atoms with Gasteiger partial charge in [0, 0.05) is 18.6 Å². The van der Waals surface area contributed by atoms with Gasteiger partial charge in [-0.25, -0.2) is 21.9 Å². The number of halogens is 2. The maximum Gasteiger partial charge on any atom is 0.276 e. The largest absolute Gasteiger partial charge is 0.276 e. The van der Waals surface area contributed by atoms with Crippen LogP contribution in [0.15, 0.2) is 29.2 Å². The highest BCUT2D eigenvalue weighted by atomic mass is 32.2. The highest BCUT2D eigenvalue weighted by Gasteiger charge is 2.50. The molecule has 0 aliphatic heterocycles. The normalized spacial score (nSPS) is 23.5. The molecular formula is C13H16F2N2O7S2. The summed E-state index contributed by atoms with van der Waals surface area (Å²) in [5, 5.41) is 10.6. The molecule has 0 saturated heterocycles. The Bertz CT molecular complexity index is 886. The van der Waals surface area contributed by atoms with Crippen molar-refractivity contribution in [2.45, 2.75) is 42.2 Å². The molecule has 2 rings (SSSR count). The molecule has 146 valence electrons. The minimum absolute atomic E-state index is 0.0376. The number of hydrogen-bond donors (Lipinski definition) is 1. The second-order valence-electron chi connectivity index (χ2n) is 5.85. The van der Waals surface area contributed by atoms with Crippen molar-refractivity contribution in [1.29, 1.82) is 0 Å². The third-order valence-electron chi connectivity index (χ3n) is 3.75. The minimum Gasteiger partial charge on any atom is -0.259 e. The first-order chi connectivity index (χ1) is 11.8. The summed E-state index contributed by atoms with van der Waals surface area (Å²) in [7, 11) is -8.57. The fourth-order valence-corrected chi connectivity index (χ4v) is 4.53. The topological polar surface area (TPSA) is 133 Å². The standard InChI is InChI=1S/C13H16F2N2O7S2/c1-25(20,21)24-12-11(3-2-8-13(12,14)15)16-26(22,23)10-6-4-9(5-7-10)17(18)19/h4-7,11-12,16H,2-3,8H2,1H3/t11-,12+/m1/s1. The number of rotatable bonds is 6. The molecule has 1 aromatic rings. The zero-order chi connectivity index (χ0) is 19.8. The van der Waals surface area contributed by atoms with E-state index in [9.17, 15) is 35.7 Å². The zero-order valence-corrected chi connectivity index (χ0v) is 15.1. The lowest BCUT2D eigenvalue weighted by Gasteiger charge is -2.36. The first-order valence-corrected chi connectivity index (χ1v) is 10.6. The van der Waals surface area contributed by atoms with Crippen LogP contribution in [0.25, 0.3) is 0 Å². The molecule has 9 nitrogen and oxygen atoms in total. The second kappa shape index (κ2) is 7.13. The van der Waals surface area contributed by atoms with Gasteiger partial charge in [-0.1, -0.05) is 0 Å². The molecule has 13 heteroatoms. The number of nitro groups is 1. The van der Waals surface area contributed by atoms with Crippen molar-refractivity contribution in [3.8, 4) is 0 Å². The number of nitrogens with zero attached hydrogens (tertiary/aromatic N) is 1. The Morgan fingerprint density at radius 1 is 1.23 bits per heavy atom. The van der Waals surface area contributed by atoms with Crippen LogP contribution >= 0.6 is 0 Å². The molecule has 0 amide bonds. The van der Waals surface area contributed by atoms with E-state index in [4.69, 9.17) is 0 Å². The number of nitro benzene ring substituents is 1. The maximum atomic E-state index is 14.1. The first-order valence-electron chi connectivity index (χ1n) is 7.35. The van der Waals surface area contributed by atoms with Gasteiger partial charge in [0.1, 0.15) is 0 Å². The van der Waals surface area contributed by atoms with Crippen LogP contribution in [0.4, 0.5) is 14.5 Å². The van der Waals surface area contributed by atoms with E-state index >= 15 is 0 Å². The van der Waals surface area contributed by atoms with Crippen LogP contribution in [-0.4, -0.2) is 46.1 Å². The lowest BCUT2D eigenvalue weighted by Crippen LogP contribution is -2.55. The van der Waals surface area contributed by atoms with E-state index in [-0.39, 0.29) is 23.4 Å². The first kappa shape index (κ1) is 20.6. The number of non-ortho nitro benzene ring substituents is 1. The van der Waals surface area contributed by atoms with Gasteiger partial charge in [0.2, 0.25) is 10.0 Å². The maximum absolute atomic E-state index is 14.1. The van der Waals surface area contributed by atoms with Crippen molar-refractivity contribution in [1.82, 2.24) is 4.72 Å². The van der Waals surface area contributed by atoms with Crippen LogP contribution in [0.2, 0.25) is 0 Å². The Hall–Kier alpha value is -1.70. The molecule has 0 spiro atoms. The Morgan fingerprint density at radius 2 is 1.81 bits per heavy atom.